The minimum Gasteiger partial charge on any atom is -0.0915 e. The third-order valence-electron chi connectivity index (χ3n) is 3.43. The van der Waals surface area contributed by atoms with Crippen molar-refractivity contribution in [2.75, 3.05) is 10.7 Å². The van der Waals surface area contributed by atoms with Gasteiger partial charge >= 0.3 is 0 Å². The van der Waals surface area contributed by atoms with Crippen molar-refractivity contribution >= 4 is 31.9 Å². The first-order chi connectivity index (χ1) is 6.38. The standard InChI is InChI=1S/C12H18Br2/c1-9-5-12(4,8-14)10(2)6-11(9,3)7-13/h5-6H,7-8H2,1-4H3. The molecule has 2 unspecified atom stereocenters. The molecule has 2 atom stereocenters. The number of halogens is 2. The van der Waals surface area contributed by atoms with E-state index in [0.717, 1.165) is 10.7 Å². The largest absolute Gasteiger partial charge is 0.0915 e. The van der Waals surface area contributed by atoms with Crippen LogP contribution in [0.25, 0.3) is 0 Å². The van der Waals surface area contributed by atoms with E-state index < -0.39 is 0 Å². The number of hydrogen-bond donors (Lipinski definition) is 0. The monoisotopic (exact) mass is 320 g/mol. The van der Waals surface area contributed by atoms with Gasteiger partial charge < -0.3 is 0 Å². The summed E-state index contributed by atoms with van der Waals surface area (Å²) >= 11 is 7.19. The molecule has 0 heterocycles. The fourth-order valence-corrected chi connectivity index (χ4v) is 3.01. The van der Waals surface area contributed by atoms with E-state index in [0.29, 0.717) is 0 Å². The summed E-state index contributed by atoms with van der Waals surface area (Å²) in [7, 11) is 0. The minimum absolute atomic E-state index is 0.200. The Morgan fingerprint density at radius 3 is 1.43 bits per heavy atom. The molecule has 0 fully saturated rings. The molecule has 0 spiro atoms. The van der Waals surface area contributed by atoms with Crippen LogP contribution in [0.1, 0.15) is 27.7 Å². The fraction of sp³-hybridized carbons (Fsp3) is 0.667. The Balaban J connectivity index is 3.14. The van der Waals surface area contributed by atoms with Crippen LogP contribution in [0, 0.1) is 10.8 Å². The molecule has 0 aromatic heterocycles. The molecule has 0 radical (unpaired) electrons. The molecule has 1 rings (SSSR count). The number of alkyl halides is 2. The quantitative estimate of drug-likeness (QED) is 0.511. The molecule has 0 aromatic rings. The number of rotatable bonds is 2. The van der Waals surface area contributed by atoms with Gasteiger partial charge in [-0.2, -0.15) is 0 Å². The Morgan fingerprint density at radius 1 is 0.929 bits per heavy atom. The van der Waals surface area contributed by atoms with Gasteiger partial charge in [0, 0.05) is 21.5 Å². The highest BCUT2D eigenvalue weighted by Gasteiger charge is 2.34. The SMILES string of the molecule is CC1=CC(C)(CBr)C(C)=CC1(C)CBr. The van der Waals surface area contributed by atoms with E-state index in [1.807, 2.05) is 0 Å². The molecule has 0 nitrogen and oxygen atoms in total. The van der Waals surface area contributed by atoms with Crippen LogP contribution in [-0.2, 0) is 0 Å². The predicted octanol–water partition coefficient (Wildman–Crippen LogP) is 4.70. The minimum atomic E-state index is 0.200. The summed E-state index contributed by atoms with van der Waals surface area (Å²) < 4.78 is 0. The van der Waals surface area contributed by atoms with Gasteiger partial charge in [-0.25, -0.2) is 0 Å². The van der Waals surface area contributed by atoms with Crippen LogP contribution in [-0.4, -0.2) is 10.7 Å². The topological polar surface area (TPSA) is 0 Å². The molecular formula is C12H18Br2. The van der Waals surface area contributed by atoms with E-state index >= 15 is 0 Å². The lowest BCUT2D eigenvalue weighted by Crippen LogP contribution is -2.29. The van der Waals surface area contributed by atoms with Crippen molar-refractivity contribution in [1.29, 1.82) is 0 Å². The average molecular weight is 322 g/mol. The van der Waals surface area contributed by atoms with Crippen molar-refractivity contribution in [3.05, 3.63) is 23.3 Å². The highest BCUT2D eigenvalue weighted by Crippen LogP contribution is 2.44. The van der Waals surface area contributed by atoms with Crippen molar-refractivity contribution < 1.29 is 0 Å². The second-order valence-corrected chi connectivity index (χ2v) is 5.88. The summed E-state index contributed by atoms with van der Waals surface area (Å²) in [6, 6.07) is 0. The number of allylic oxidation sites excluding steroid dienone is 4. The summed E-state index contributed by atoms with van der Waals surface area (Å²) in [5, 5.41) is 2.00. The average Bonchev–Trinajstić information content (AvgIpc) is 2.15. The molecule has 80 valence electrons. The van der Waals surface area contributed by atoms with Crippen molar-refractivity contribution in [3.8, 4) is 0 Å². The predicted molar refractivity (Wildman–Crippen MR) is 71.3 cm³/mol. The molecule has 0 saturated heterocycles. The molecule has 0 N–H and O–H groups in total. The van der Waals surface area contributed by atoms with Crippen LogP contribution in [0.15, 0.2) is 23.3 Å². The van der Waals surface area contributed by atoms with E-state index in [2.05, 4.69) is 71.7 Å². The Labute approximate surface area is 104 Å². The maximum Gasteiger partial charge on any atom is 0.0160 e. The van der Waals surface area contributed by atoms with E-state index in [1.165, 1.54) is 11.1 Å². The molecule has 14 heavy (non-hydrogen) atoms. The molecular weight excluding hydrogens is 304 g/mol. The van der Waals surface area contributed by atoms with Gasteiger partial charge in [0.05, 0.1) is 0 Å². The second-order valence-electron chi connectivity index (χ2n) is 4.76. The van der Waals surface area contributed by atoms with Crippen LogP contribution < -0.4 is 0 Å². The molecule has 0 amide bonds. The Bertz CT molecular complexity index is 261. The zero-order chi connectivity index (χ0) is 11.0. The summed E-state index contributed by atoms with van der Waals surface area (Å²) in [5.74, 6) is 0. The zero-order valence-electron chi connectivity index (χ0n) is 9.32. The second kappa shape index (κ2) is 4.13. The van der Waals surface area contributed by atoms with Gasteiger partial charge in [0.15, 0.2) is 0 Å². The first-order valence-electron chi connectivity index (χ1n) is 4.90. The van der Waals surface area contributed by atoms with Gasteiger partial charge in [-0.1, -0.05) is 69.0 Å². The summed E-state index contributed by atoms with van der Waals surface area (Å²) in [4.78, 5) is 0. The first-order valence-corrected chi connectivity index (χ1v) is 7.14. The molecule has 0 saturated carbocycles. The summed E-state index contributed by atoms with van der Waals surface area (Å²) in [6.45, 7) is 9.02. The number of hydrogen-bond acceptors (Lipinski definition) is 0. The van der Waals surface area contributed by atoms with Gasteiger partial charge in [0.2, 0.25) is 0 Å². The van der Waals surface area contributed by atoms with Crippen LogP contribution in [0.2, 0.25) is 0 Å². The van der Waals surface area contributed by atoms with Crippen LogP contribution in [0.3, 0.4) is 0 Å². The molecule has 0 bridgehead atoms. The lowest BCUT2D eigenvalue weighted by Gasteiger charge is -2.38. The summed E-state index contributed by atoms with van der Waals surface area (Å²) in [6.07, 6.45) is 4.80. The van der Waals surface area contributed by atoms with Crippen molar-refractivity contribution in [2.45, 2.75) is 27.7 Å². The fourth-order valence-electron chi connectivity index (χ4n) is 1.80. The zero-order valence-corrected chi connectivity index (χ0v) is 12.5. The van der Waals surface area contributed by atoms with E-state index in [-0.39, 0.29) is 10.8 Å². The molecule has 0 aliphatic heterocycles. The molecule has 1 aliphatic rings. The lowest BCUT2D eigenvalue weighted by atomic mass is 9.70. The van der Waals surface area contributed by atoms with Crippen molar-refractivity contribution in [2.24, 2.45) is 10.8 Å². The normalized spacial score (nSPS) is 37.9. The van der Waals surface area contributed by atoms with Crippen LogP contribution >= 0.6 is 31.9 Å². The molecule has 2 heteroatoms. The van der Waals surface area contributed by atoms with E-state index in [9.17, 15) is 0 Å². The highest BCUT2D eigenvalue weighted by atomic mass is 79.9. The van der Waals surface area contributed by atoms with Gasteiger partial charge in [0.1, 0.15) is 0 Å². The Kier molecular flexibility index (Phi) is 3.69. The highest BCUT2D eigenvalue weighted by molar-refractivity contribution is 9.09. The smallest absolute Gasteiger partial charge is 0.0160 e. The first kappa shape index (κ1) is 12.5. The maximum absolute atomic E-state index is 3.60. The molecule has 0 aromatic carbocycles. The van der Waals surface area contributed by atoms with Crippen LogP contribution in [0.4, 0.5) is 0 Å². The van der Waals surface area contributed by atoms with Crippen LogP contribution in [0.5, 0.6) is 0 Å². The van der Waals surface area contributed by atoms with Gasteiger partial charge in [0.25, 0.3) is 0 Å². The lowest BCUT2D eigenvalue weighted by molar-refractivity contribution is 0.493. The van der Waals surface area contributed by atoms with E-state index in [4.69, 9.17) is 0 Å². The van der Waals surface area contributed by atoms with E-state index in [1.54, 1.807) is 0 Å². The molecule has 1 aliphatic carbocycles. The van der Waals surface area contributed by atoms with Gasteiger partial charge in [-0.05, 0) is 13.8 Å². The van der Waals surface area contributed by atoms with Crippen molar-refractivity contribution in [1.82, 2.24) is 0 Å². The third kappa shape index (κ3) is 2.01. The maximum atomic E-state index is 3.60. The Hall–Kier alpha value is 0.440. The third-order valence-corrected chi connectivity index (χ3v) is 5.76. The Morgan fingerprint density at radius 2 is 1.21 bits per heavy atom. The summed E-state index contributed by atoms with van der Waals surface area (Å²) in [5.41, 5.74) is 3.32. The van der Waals surface area contributed by atoms with Gasteiger partial charge in [-0.15, -0.1) is 0 Å². The van der Waals surface area contributed by atoms with Gasteiger partial charge in [-0.3, -0.25) is 0 Å². The van der Waals surface area contributed by atoms with Crippen molar-refractivity contribution in [3.63, 3.8) is 0 Å².